The average molecular weight is 300 g/mol. The molecule has 1 aliphatic carbocycles. The number of halogens is 2. The SMILES string of the molecule is CO[Si](C)(C)C(C)C1=[C-]CC=C1.[Cl-].[Cl-].[Ti+3]. The first-order chi connectivity index (χ1) is 5.58. The predicted molar refractivity (Wildman–Crippen MR) is 54.4 cm³/mol. The van der Waals surface area contributed by atoms with Gasteiger partial charge in [-0.25, -0.2) is 11.6 Å². The number of hydrogen-bond donors (Lipinski definition) is 0. The molecule has 85 valence electrons. The molecule has 5 heteroatoms. The van der Waals surface area contributed by atoms with Crippen LogP contribution in [0.25, 0.3) is 0 Å². The fraction of sp³-hybridized carbons (Fsp3) is 0.600. The Bertz CT molecular complexity index is 229. The minimum atomic E-state index is -1.50. The Morgan fingerprint density at radius 3 is 2.27 bits per heavy atom. The first-order valence-corrected chi connectivity index (χ1v) is 7.39. The maximum Gasteiger partial charge on any atom is 3.00 e. The van der Waals surface area contributed by atoms with E-state index < -0.39 is 8.32 Å². The molecule has 1 rings (SSSR count). The van der Waals surface area contributed by atoms with Crippen molar-refractivity contribution in [3.63, 3.8) is 0 Å². The van der Waals surface area contributed by atoms with Gasteiger partial charge in [0.25, 0.3) is 0 Å². The van der Waals surface area contributed by atoms with E-state index in [1.807, 2.05) is 7.11 Å². The minimum Gasteiger partial charge on any atom is -1.00 e. The Kier molecular flexibility index (Phi) is 12.8. The van der Waals surface area contributed by atoms with Gasteiger partial charge in [-0.15, -0.1) is 6.42 Å². The first-order valence-electron chi connectivity index (χ1n) is 4.40. The van der Waals surface area contributed by atoms with E-state index in [1.54, 1.807) is 0 Å². The van der Waals surface area contributed by atoms with E-state index in [0.29, 0.717) is 5.54 Å². The topological polar surface area (TPSA) is 9.23 Å². The van der Waals surface area contributed by atoms with Crippen LogP contribution in [0.5, 0.6) is 0 Å². The van der Waals surface area contributed by atoms with Crippen LogP contribution in [-0.2, 0) is 26.1 Å². The number of allylic oxidation sites excluding steroid dienone is 4. The van der Waals surface area contributed by atoms with Gasteiger partial charge in [0.2, 0.25) is 0 Å². The van der Waals surface area contributed by atoms with Gasteiger partial charge in [-0.05, 0) is 18.6 Å². The monoisotopic (exact) mass is 299 g/mol. The molecule has 0 aliphatic heterocycles. The number of rotatable bonds is 3. The van der Waals surface area contributed by atoms with Crippen molar-refractivity contribution >= 4 is 8.32 Å². The Balaban J connectivity index is -0.000000480. The van der Waals surface area contributed by atoms with Crippen molar-refractivity contribution in [3.8, 4) is 0 Å². The van der Waals surface area contributed by atoms with Crippen molar-refractivity contribution in [2.24, 2.45) is 0 Å². The third-order valence-corrected chi connectivity index (χ3v) is 6.21. The fourth-order valence-electron chi connectivity index (χ4n) is 1.27. The molecule has 1 nitrogen and oxygen atoms in total. The molecule has 15 heavy (non-hydrogen) atoms. The van der Waals surface area contributed by atoms with Gasteiger partial charge in [-0.1, -0.05) is 6.92 Å². The molecule has 0 saturated heterocycles. The molecule has 0 aromatic rings. The van der Waals surface area contributed by atoms with Crippen molar-refractivity contribution in [1.29, 1.82) is 0 Å². The number of hydrogen-bond acceptors (Lipinski definition) is 1. The van der Waals surface area contributed by atoms with Gasteiger partial charge in [0.05, 0.1) is 0 Å². The molecule has 0 fully saturated rings. The summed E-state index contributed by atoms with van der Waals surface area (Å²) in [6.45, 7) is 6.74. The van der Waals surface area contributed by atoms with E-state index in [-0.39, 0.29) is 46.5 Å². The van der Waals surface area contributed by atoms with Crippen LogP contribution in [0.2, 0.25) is 18.6 Å². The van der Waals surface area contributed by atoms with E-state index >= 15 is 0 Å². The molecule has 0 N–H and O–H groups in total. The predicted octanol–water partition coefficient (Wildman–Crippen LogP) is -3.08. The second-order valence-electron chi connectivity index (χ2n) is 3.77. The van der Waals surface area contributed by atoms with Crippen LogP contribution in [0.3, 0.4) is 0 Å². The van der Waals surface area contributed by atoms with Gasteiger partial charge in [0, 0.05) is 7.11 Å². The molecule has 0 aromatic carbocycles. The average Bonchev–Trinajstić information content (AvgIpc) is 2.55. The summed E-state index contributed by atoms with van der Waals surface area (Å²) >= 11 is 0. The van der Waals surface area contributed by atoms with Crippen molar-refractivity contribution < 1.29 is 51.0 Å². The Morgan fingerprint density at radius 2 is 1.93 bits per heavy atom. The summed E-state index contributed by atoms with van der Waals surface area (Å²) in [6.07, 6.45) is 8.67. The van der Waals surface area contributed by atoms with Gasteiger partial charge in [0.1, 0.15) is 0 Å². The molecule has 0 heterocycles. The van der Waals surface area contributed by atoms with E-state index in [4.69, 9.17) is 4.43 Å². The van der Waals surface area contributed by atoms with Gasteiger partial charge in [-0.3, -0.25) is 6.08 Å². The van der Waals surface area contributed by atoms with Gasteiger partial charge >= 0.3 is 21.7 Å². The zero-order chi connectivity index (χ0) is 9.19. The Morgan fingerprint density at radius 1 is 1.40 bits per heavy atom. The molecule has 0 bridgehead atoms. The molecular weight excluding hydrogens is 283 g/mol. The molecule has 1 atom stereocenters. The Hall–Kier alpha value is 0.951. The second-order valence-corrected chi connectivity index (χ2v) is 8.25. The van der Waals surface area contributed by atoms with Crippen LogP contribution in [-0.4, -0.2) is 15.4 Å². The summed E-state index contributed by atoms with van der Waals surface area (Å²) in [4.78, 5) is 0. The summed E-state index contributed by atoms with van der Waals surface area (Å²) in [6, 6.07) is 0. The van der Waals surface area contributed by atoms with Crippen LogP contribution in [0.1, 0.15) is 13.3 Å². The van der Waals surface area contributed by atoms with E-state index in [1.165, 1.54) is 5.57 Å². The molecule has 1 aliphatic rings. The fourth-order valence-corrected chi connectivity index (χ4v) is 2.57. The summed E-state index contributed by atoms with van der Waals surface area (Å²) in [5, 5.41) is 0. The van der Waals surface area contributed by atoms with Crippen LogP contribution in [0.4, 0.5) is 0 Å². The summed E-state index contributed by atoms with van der Waals surface area (Å²) in [7, 11) is 0.325. The molecular formula is C10H17Cl2OSiTi. The van der Waals surface area contributed by atoms with Crippen molar-refractivity contribution in [3.05, 3.63) is 23.8 Å². The van der Waals surface area contributed by atoms with E-state index in [2.05, 4.69) is 38.2 Å². The van der Waals surface area contributed by atoms with Crippen molar-refractivity contribution in [2.75, 3.05) is 7.11 Å². The van der Waals surface area contributed by atoms with E-state index in [0.717, 1.165) is 6.42 Å². The standard InChI is InChI=1S/C10H17OSi.2ClH.Ti/c1-9(12(3,4)11-2)10-7-5-6-8-10;;;/h5,7,9H,6H2,1-4H3;2*1H;/q-1;;;+3/p-2. The largest absolute Gasteiger partial charge is 3.00 e. The molecule has 1 radical (unpaired) electrons. The molecule has 0 aromatic heterocycles. The molecule has 0 saturated carbocycles. The summed E-state index contributed by atoms with van der Waals surface area (Å²) in [5.74, 6) is 0. The normalized spacial score (nSPS) is 15.6. The Labute approximate surface area is 122 Å². The zero-order valence-electron chi connectivity index (χ0n) is 9.60. The molecule has 0 spiro atoms. The maximum atomic E-state index is 5.56. The quantitative estimate of drug-likeness (QED) is 0.397. The zero-order valence-corrected chi connectivity index (χ0v) is 13.7. The maximum absolute atomic E-state index is 5.56. The van der Waals surface area contributed by atoms with Crippen molar-refractivity contribution in [1.82, 2.24) is 0 Å². The third kappa shape index (κ3) is 5.71. The van der Waals surface area contributed by atoms with Crippen molar-refractivity contribution in [2.45, 2.75) is 32.0 Å². The molecule has 0 amide bonds. The first kappa shape index (κ1) is 21.3. The van der Waals surface area contributed by atoms with Crippen LogP contribution in [0, 0.1) is 6.08 Å². The minimum absolute atomic E-state index is 0. The van der Waals surface area contributed by atoms with Gasteiger partial charge in [-0.2, -0.15) is 6.08 Å². The van der Waals surface area contributed by atoms with Crippen LogP contribution < -0.4 is 24.8 Å². The second kappa shape index (κ2) is 9.03. The van der Waals surface area contributed by atoms with Crippen LogP contribution >= 0.6 is 0 Å². The van der Waals surface area contributed by atoms with Gasteiger partial charge in [0.15, 0.2) is 8.32 Å². The summed E-state index contributed by atoms with van der Waals surface area (Å²) < 4.78 is 5.56. The van der Waals surface area contributed by atoms with E-state index in [9.17, 15) is 0 Å². The smallest absolute Gasteiger partial charge is 1.00 e. The summed E-state index contributed by atoms with van der Waals surface area (Å²) in [5.41, 5.74) is 1.90. The third-order valence-electron chi connectivity index (χ3n) is 2.76. The van der Waals surface area contributed by atoms with Crippen LogP contribution in [0.15, 0.2) is 17.7 Å². The molecule has 1 unspecified atom stereocenters. The van der Waals surface area contributed by atoms with Gasteiger partial charge < -0.3 is 29.2 Å².